The molecule has 0 amide bonds. The smallest absolute Gasteiger partial charge is 0.143 e. The van der Waals surface area contributed by atoms with Crippen molar-refractivity contribution in [2.75, 3.05) is 11.9 Å². The second kappa shape index (κ2) is 6.68. The van der Waals surface area contributed by atoms with Crippen molar-refractivity contribution in [1.82, 2.24) is 9.97 Å². The summed E-state index contributed by atoms with van der Waals surface area (Å²) in [7, 11) is 0. The number of anilines is 1. The van der Waals surface area contributed by atoms with Crippen LogP contribution in [0.25, 0.3) is 0 Å². The number of nitrogens with one attached hydrogen (secondary N) is 1. The van der Waals surface area contributed by atoms with Crippen LogP contribution in [0.3, 0.4) is 0 Å². The maximum Gasteiger partial charge on any atom is 0.143 e. The van der Waals surface area contributed by atoms with Crippen LogP contribution in [0.5, 0.6) is 0 Å². The number of halogens is 1. The van der Waals surface area contributed by atoms with E-state index >= 15 is 0 Å². The van der Waals surface area contributed by atoms with Gasteiger partial charge in [0.25, 0.3) is 0 Å². The highest BCUT2D eigenvalue weighted by Gasteiger charge is 2.29. The molecule has 0 atom stereocenters. The molecule has 1 N–H and O–H groups in total. The molecule has 0 radical (unpaired) electrons. The van der Waals surface area contributed by atoms with Gasteiger partial charge in [0.15, 0.2) is 0 Å². The van der Waals surface area contributed by atoms with Gasteiger partial charge in [0, 0.05) is 18.9 Å². The van der Waals surface area contributed by atoms with Gasteiger partial charge in [-0.05, 0) is 48.3 Å². The van der Waals surface area contributed by atoms with Gasteiger partial charge in [-0.1, -0.05) is 20.3 Å². The lowest BCUT2D eigenvalue weighted by molar-refractivity contribution is 0.740. The third kappa shape index (κ3) is 3.56. The van der Waals surface area contributed by atoms with E-state index < -0.39 is 0 Å². The van der Waals surface area contributed by atoms with Crippen molar-refractivity contribution in [3.8, 4) is 0 Å². The Balaban J connectivity index is 2.22. The Bertz CT molecular complexity index is 402. The first-order valence-electron chi connectivity index (χ1n) is 7.06. The molecule has 3 nitrogen and oxygen atoms in total. The van der Waals surface area contributed by atoms with Crippen LogP contribution in [-0.4, -0.2) is 16.5 Å². The van der Waals surface area contributed by atoms with Crippen LogP contribution in [0, 0.1) is 3.57 Å². The highest BCUT2D eigenvalue weighted by Crippen LogP contribution is 2.42. The Morgan fingerprint density at radius 3 is 2.61 bits per heavy atom. The summed E-state index contributed by atoms with van der Waals surface area (Å²) >= 11 is 2.40. The van der Waals surface area contributed by atoms with Crippen LogP contribution in [0.2, 0.25) is 0 Å². The van der Waals surface area contributed by atoms with Crippen molar-refractivity contribution in [1.29, 1.82) is 0 Å². The van der Waals surface area contributed by atoms with Gasteiger partial charge in [0.05, 0.1) is 9.26 Å². The monoisotopic (exact) mass is 359 g/mol. The second-order valence-electron chi connectivity index (χ2n) is 4.99. The van der Waals surface area contributed by atoms with E-state index in [4.69, 9.17) is 4.98 Å². The van der Waals surface area contributed by atoms with Crippen LogP contribution in [0.15, 0.2) is 0 Å². The van der Waals surface area contributed by atoms with Crippen molar-refractivity contribution < 1.29 is 0 Å². The minimum atomic E-state index is 0.697. The average molecular weight is 359 g/mol. The molecule has 1 aliphatic carbocycles. The molecule has 100 valence electrons. The number of rotatable bonds is 7. The lowest BCUT2D eigenvalue weighted by Crippen LogP contribution is -2.10. The zero-order valence-electron chi connectivity index (χ0n) is 11.3. The molecule has 1 saturated carbocycles. The maximum atomic E-state index is 4.78. The average Bonchev–Trinajstić information content (AvgIpc) is 3.20. The third-order valence-corrected chi connectivity index (χ3v) is 4.25. The van der Waals surface area contributed by atoms with Gasteiger partial charge < -0.3 is 5.32 Å². The predicted octanol–water partition coefficient (Wildman–Crippen LogP) is 4.12. The van der Waals surface area contributed by atoms with E-state index in [9.17, 15) is 0 Å². The summed E-state index contributed by atoms with van der Waals surface area (Å²) in [6.45, 7) is 5.38. The molecule has 1 aromatic heterocycles. The summed E-state index contributed by atoms with van der Waals surface area (Å²) in [4.78, 5) is 9.47. The van der Waals surface area contributed by atoms with Crippen LogP contribution >= 0.6 is 22.6 Å². The van der Waals surface area contributed by atoms with E-state index in [1.807, 2.05) is 0 Å². The molecule has 0 unspecified atom stereocenters. The molecule has 0 aliphatic heterocycles. The summed E-state index contributed by atoms with van der Waals surface area (Å²) in [5.74, 6) is 2.78. The fourth-order valence-electron chi connectivity index (χ4n) is 1.95. The van der Waals surface area contributed by atoms with Gasteiger partial charge in [-0.2, -0.15) is 0 Å². The zero-order valence-corrected chi connectivity index (χ0v) is 13.5. The Morgan fingerprint density at radius 1 is 1.22 bits per heavy atom. The van der Waals surface area contributed by atoms with Gasteiger partial charge in [-0.3, -0.25) is 0 Å². The predicted molar refractivity (Wildman–Crippen MR) is 84.1 cm³/mol. The number of hydrogen-bond donors (Lipinski definition) is 1. The number of unbranched alkanes of at least 4 members (excludes halogenated alkanes) is 1. The molecule has 1 aromatic rings. The molecule has 1 aliphatic rings. The summed E-state index contributed by atoms with van der Waals surface area (Å²) in [6.07, 6.45) is 7.11. The molecule has 0 saturated heterocycles. The molecular formula is C14H22IN3. The number of aromatic nitrogens is 2. The summed E-state index contributed by atoms with van der Waals surface area (Å²) in [5, 5.41) is 3.44. The number of nitrogens with zero attached hydrogens (tertiary/aromatic N) is 2. The normalized spacial score (nSPS) is 14.8. The molecular weight excluding hydrogens is 337 g/mol. The van der Waals surface area contributed by atoms with Crippen LogP contribution < -0.4 is 5.32 Å². The van der Waals surface area contributed by atoms with Gasteiger partial charge >= 0.3 is 0 Å². The van der Waals surface area contributed by atoms with Crippen molar-refractivity contribution in [3.05, 3.63) is 15.1 Å². The second-order valence-corrected chi connectivity index (χ2v) is 6.07. The topological polar surface area (TPSA) is 37.8 Å². The highest BCUT2D eigenvalue weighted by molar-refractivity contribution is 14.1. The lowest BCUT2D eigenvalue weighted by atomic mass is 10.2. The van der Waals surface area contributed by atoms with Crippen molar-refractivity contribution in [2.24, 2.45) is 0 Å². The standard InChI is InChI=1S/C14H22IN3/c1-3-5-6-11-17-13(10-7-8-10)12(15)14(18-11)16-9-4-2/h10H,3-9H2,1-2H3,(H,16,17,18). The van der Waals surface area contributed by atoms with Crippen LogP contribution in [0.4, 0.5) is 5.82 Å². The first-order valence-corrected chi connectivity index (χ1v) is 8.14. The summed E-state index contributed by atoms with van der Waals surface area (Å²) in [5.41, 5.74) is 1.29. The SMILES string of the molecule is CCCCc1nc(NCCC)c(I)c(C2CC2)n1. The first-order chi connectivity index (χ1) is 8.76. The molecule has 18 heavy (non-hydrogen) atoms. The Hall–Kier alpha value is -0.390. The molecule has 4 heteroatoms. The van der Waals surface area contributed by atoms with Gasteiger partial charge in [0.1, 0.15) is 11.6 Å². The highest BCUT2D eigenvalue weighted by atomic mass is 127. The third-order valence-electron chi connectivity index (χ3n) is 3.18. The van der Waals surface area contributed by atoms with E-state index in [1.165, 1.54) is 34.9 Å². The van der Waals surface area contributed by atoms with E-state index in [1.54, 1.807) is 0 Å². The molecule has 0 bridgehead atoms. The summed E-state index contributed by atoms with van der Waals surface area (Å²) in [6, 6.07) is 0. The quantitative estimate of drug-likeness (QED) is 0.744. The number of hydrogen-bond acceptors (Lipinski definition) is 3. The number of aryl methyl sites for hydroxylation is 1. The fourth-order valence-corrected chi connectivity index (χ4v) is 2.82. The Labute approximate surface area is 123 Å². The van der Waals surface area contributed by atoms with Gasteiger partial charge in [0.2, 0.25) is 0 Å². The minimum Gasteiger partial charge on any atom is -0.369 e. The van der Waals surface area contributed by atoms with Crippen LogP contribution in [0.1, 0.15) is 63.4 Å². The van der Waals surface area contributed by atoms with Crippen LogP contribution in [-0.2, 0) is 6.42 Å². The molecule has 0 aromatic carbocycles. The Morgan fingerprint density at radius 2 is 2.00 bits per heavy atom. The molecule has 1 fully saturated rings. The summed E-state index contributed by atoms with van der Waals surface area (Å²) < 4.78 is 1.24. The van der Waals surface area contributed by atoms with Crippen molar-refractivity contribution in [3.63, 3.8) is 0 Å². The largest absolute Gasteiger partial charge is 0.369 e. The molecule has 0 spiro atoms. The van der Waals surface area contributed by atoms with Gasteiger partial charge in [-0.15, -0.1) is 0 Å². The molecule has 1 heterocycles. The van der Waals surface area contributed by atoms with E-state index in [0.29, 0.717) is 5.92 Å². The van der Waals surface area contributed by atoms with E-state index in [-0.39, 0.29) is 0 Å². The Kier molecular flexibility index (Phi) is 5.21. The maximum absolute atomic E-state index is 4.78. The fraction of sp³-hybridized carbons (Fsp3) is 0.714. The minimum absolute atomic E-state index is 0.697. The zero-order chi connectivity index (χ0) is 13.0. The van der Waals surface area contributed by atoms with Gasteiger partial charge in [-0.25, -0.2) is 9.97 Å². The van der Waals surface area contributed by atoms with Crippen molar-refractivity contribution in [2.45, 2.75) is 58.3 Å². The lowest BCUT2D eigenvalue weighted by Gasteiger charge is -2.12. The first kappa shape index (κ1) is 14.0. The van der Waals surface area contributed by atoms with E-state index in [0.717, 1.165) is 31.0 Å². The van der Waals surface area contributed by atoms with E-state index in [2.05, 4.69) is 46.7 Å². The van der Waals surface area contributed by atoms with Crippen molar-refractivity contribution >= 4 is 28.4 Å². The molecule has 2 rings (SSSR count).